The second-order valence-corrected chi connectivity index (χ2v) is 12.2. The topological polar surface area (TPSA) is 96.4 Å². The van der Waals surface area contributed by atoms with E-state index in [4.69, 9.17) is 0 Å². The number of fused-ring (bicyclic) bond motifs is 1. The lowest BCUT2D eigenvalue weighted by Gasteiger charge is -2.26. The van der Waals surface area contributed by atoms with Gasteiger partial charge < -0.3 is 4.90 Å². The van der Waals surface area contributed by atoms with Gasteiger partial charge in [-0.05, 0) is 43.0 Å². The Kier molecular flexibility index (Phi) is 6.45. The monoisotopic (exact) mass is 489 g/mol. The molecule has 0 atom stereocenters. The van der Waals surface area contributed by atoms with Gasteiger partial charge in [-0.2, -0.15) is 11.3 Å². The average Bonchev–Trinajstić information content (AvgIpc) is 3.43. The number of sulfone groups is 1. The zero-order valence-corrected chi connectivity index (χ0v) is 20.1. The van der Waals surface area contributed by atoms with Crippen LogP contribution < -0.4 is 5.32 Å². The molecule has 7 nitrogen and oxygen atoms in total. The highest BCUT2D eigenvalue weighted by molar-refractivity contribution is 7.92. The number of hydrogen-bond acceptors (Lipinski definition) is 7. The van der Waals surface area contributed by atoms with E-state index in [1.54, 1.807) is 54.5 Å². The third kappa shape index (κ3) is 4.77. The summed E-state index contributed by atoms with van der Waals surface area (Å²) >= 11 is 2.86. The van der Waals surface area contributed by atoms with Crippen molar-refractivity contribution in [1.82, 2.24) is 9.88 Å². The minimum Gasteiger partial charge on any atom is -0.337 e. The molecule has 0 bridgehead atoms. The van der Waals surface area contributed by atoms with Gasteiger partial charge in [0.15, 0.2) is 15.0 Å². The van der Waals surface area contributed by atoms with Gasteiger partial charge in [0.1, 0.15) is 0 Å². The van der Waals surface area contributed by atoms with Gasteiger partial charge in [0.05, 0.1) is 34.4 Å². The lowest BCUT2D eigenvalue weighted by Crippen LogP contribution is -2.36. The average molecular weight is 490 g/mol. The summed E-state index contributed by atoms with van der Waals surface area (Å²) in [5.41, 5.74) is 2.30. The number of rotatable bonds is 6. The van der Waals surface area contributed by atoms with E-state index < -0.39 is 15.1 Å². The Morgan fingerprint density at radius 1 is 1.19 bits per heavy atom. The van der Waals surface area contributed by atoms with Crippen LogP contribution in [0.2, 0.25) is 0 Å². The number of hydrogen-bond donors (Lipinski definition) is 1. The Morgan fingerprint density at radius 2 is 1.94 bits per heavy atom. The molecule has 0 unspecified atom stereocenters. The number of aromatic nitrogens is 1. The van der Waals surface area contributed by atoms with Crippen molar-refractivity contribution in [3.63, 3.8) is 0 Å². The van der Waals surface area contributed by atoms with Crippen molar-refractivity contribution in [2.45, 2.75) is 43.4 Å². The zero-order valence-electron chi connectivity index (χ0n) is 17.7. The number of amides is 2. The van der Waals surface area contributed by atoms with Gasteiger partial charge >= 0.3 is 0 Å². The highest BCUT2D eigenvalue weighted by Gasteiger charge is 2.25. The molecular weight excluding hydrogens is 466 g/mol. The summed E-state index contributed by atoms with van der Waals surface area (Å²) in [6.07, 6.45) is 0.843. The van der Waals surface area contributed by atoms with E-state index in [-0.39, 0.29) is 23.1 Å². The molecule has 0 saturated heterocycles. The quantitative estimate of drug-likeness (QED) is 0.569. The second-order valence-electron chi connectivity index (χ2n) is 7.83. The minimum atomic E-state index is -3.33. The number of carbonyl (C=O) groups is 2. The molecule has 4 rings (SSSR count). The van der Waals surface area contributed by atoms with Crippen LogP contribution >= 0.6 is 22.7 Å². The third-order valence-corrected chi connectivity index (χ3v) is 9.17. The number of benzene rings is 1. The first-order chi connectivity index (χ1) is 15.2. The molecule has 10 heteroatoms. The maximum Gasteiger partial charge on any atom is 0.258 e. The van der Waals surface area contributed by atoms with Gasteiger partial charge in [-0.3, -0.25) is 14.9 Å². The van der Waals surface area contributed by atoms with Crippen molar-refractivity contribution in [2.24, 2.45) is 0 Å². The van der Waals surface area contributed by atoms with E-state index in [1.165, 1.54) is 22.7 Å². The maximum absolute atomic E-state index is 12.8. The molecule has 2 aromatic heterocycles. The largest absolute Gasteiger partial charge is 0.337 e. The van der Waals surface area contributed by atoms with Crippen LogP contribution in [0.3, 0.4) is 0 Å². The zero-order chi connectivity index (χ0) is 22.9. The molecule has 0 fully saturated rings. The van der Waals surface area contributed by atoms with E-state index in [9.17, 15) is 18.0 Å². The highest BCUT2D eigenvalue weighted by atomic mass is 32.2. The molecule has 168 valence electrons. The Labute approximate surface area is 195 Å². The molecule has 0 saturated carbocycles. The maximum atomic E-state index is 12.8. The van der Waals surface area contributed by atoms with Crippen LogP contribution in [-0.2, 0) is 34.0 Å². The molecule has 3 heterocycles. The summed E-state index contributed by atoms with van der Waals surface area (Å²) in [6.45, 7) is 4.32. The number of nitrogens with zero attached hydrogens (tertiary/aromatic N) is 2. The fourth-order valence-electron chi connectivity index (χ4n) is 3.38. The van der Waals surface area contributed by atoms with Crippen LogP contribution in [-0.4, -0.2) is 41.9 Å². The number of anilines is 1. The molecule has 1 aliphatic rings. The molecule has 1 aromatic carbocycles. The van der Waals surface area contributed by atoms with Crippen LogP contribution in [0.4, 0.5) is 5.13 Å². The minimum absolute atomic E-state index is 0.0209. The molecule has 1 N–H and O–H groups in total. The summed E-state index contributed by atoms with van der Waals surface area (Å²) in [5.74, 6) is -0.208. The number of nitrogens with one attached hydrogen (secondary N) is 1. The number of thiazole rings is 1. The van der Waals surface area contributed by atoms with Gasteiger partial charge in [0, 0.05) is 23.2 Å². The summed E-state index contributed by atoms with van der Waals surface area (Å²) in [6, 6.07) is 8.30. The smallest absolute Gasteiger partial charge is 0.258 e. The van der Waals surface area contributed by atoms with Crippen LogP contribution in [0, 0.1) is 0 Å². The van der Waals surface area contributed by atoms with E-state index >= 15 is 0 Å². The summed E-state index contributed by atoms with van der Waals surface area (Å²) in [5, 5.41) is 6.52. The van der Waals surface area contributed by atoms with Gasteiger partial charge in [0.25, 0.3) is 5.91 Å². The van der Waals surface area contributed by atoms with Crippen molar-refractivity contribution in [3.8, 4) is 0 Å². The Morgan fingerprint density at radius 3 is 2.59 bits per heavy atom. The van der Waals surface area contributed by atoms with Gasteiger partial charge in [0.2, 0.25) is 5.91 Å². The molecule has 2 amide bonds. The SMILES string of the molecule is CC(C)S(=O)(=O)c1ccc(CC(=O)N2CCc3nc(NC(=O)c4ccsc4)sc3C2)cc1. The van der Waals surface area contributed by atoms with E-state index in [0.29, 0.717) is 30.2 Å². The lowest BCUT2D eigenvalue weighted by atomic mass is 10.1. The van der Waals surface area contributed by atoms with Gasteiger partial charge in [-0.1, -0.05) is 23.5 Å². The summed E-state index contributed by atoms with van der Waals surface area (Å²) in [7, 11) is -3.33. The molecule has 0 radical (unpaired) electrons. The first-order valence-corrected chi connectivity index (χ1v) is 13.5. The van der Waals surface area contributed by atoms with Crippen molar-refractivity contribution < 1.29 is 18.0 Å². The number of thiophene rings is 1. The Hall–Kier alpha value is -2.56. The lowest BCUT2D eigenvalue weighted by molar-refractivity contribution is -0.131. The number of carbonyl (C=O) groups excluding carboxylic acids is 2. The predicted molar refractivity (Wildman–Crippen MR) is 126 cm³/mol. The van der Waals surface area contributed by atoms with E-state index in [0.717, 1.165) is 16.1 Å². The first-order valence-electron chi connectivity index (χ1n) is 10.2. The molecule has 0 aliphatic carbocycles. The van der Waals surface area contributed by atoms with Crippen LogP contribution in [0.25, 0.3) is 0 Å². The van der Waals surface area contributed by atoms with Crippen molar-refractivity contribution in [3.05, 3.63) is 62.8 Å². The van der Waals surface area contributed by atoms with Gasteiger partial charge in [-0.25, -0.2) is 13.4 Å². The molecule has 0 spiro atoms. The summed E-state index contributed by atoms with van der Waals surface area (Å²) < 4.78 is 24.5. The predicted octanol–water partition coefficient (Wildman–Crippen LogP) is 3.77. The Balaban J connectivity index is 1.39. The van der Waals surface area contributed by atoms with Gasteiger partial charge in [-0.15, -0.1) is 0 Å². The van der Waals surface area contributed by atoms with Crippen LogP contribution in [0.5, 0.6) is 0 Å². The van der Waals surface area contributed by atoms with Crippen LogP contribution in [0.1, 0.15) is 40.3 Å². The molecule has 3 aromatic rings. The fourth-order valence-corrected chi connectivity index (χ4v) is 6.09. The highest BCUT2D eigenvalue weighted by Crippen LogP contribution is 2.29. The standard InChI is InChI=1S/C22H23N3O4S3/c1-14(2)32(28,29)17-5-3-15(4-6-17)11-20(26)25-9-7-18-19(12-25)31-22(23-18)24-21(27)16-8-10-30-13-16/h3-6,8,10,13-14H,7,9,11-12H2,1-2H3,(H,23,24,27). The van der Waals surface area contributed by atoms with Crippen molar-refractivity contribution >= 4 is 49.5 Å². The third-order valence-electron chi connectivity index (χ3n) is 5.32. The normalized spacial score (nSPS) is 13.8. The first kappa shape index (κ1) is 22.6. The summed E-state index contributed by atoms with van der Waals surface area (Å²) in [4.78, 5) is 32.6. The second kappa shape index (κ2) is 9.13. The molecule has 32 heavy (non-hydrogen) atoms. The van der Waals surface area contributed by atoms with Crippen molar-refractivity contribution in [1.29, 1.82) is 0 Å². The molecule has 1 aliphatic heterocycles. The van der Waals surface area contributed by atoms with E-state index in [2.05, 4.69) is 10.3 Å². The molecular formula is C22H23N3O4S3. The van der Waals surface area contributed by atoms with Crippen LogP contribution in [0.15, 0.2) is 46.0 Å². The van der Waals surface area contributed by atoms with E-state index in [1.807, 2.05) is 5.38 Å². The van der Waals surface area contributed by atoms with Crippen molar-refractivity contribution in [2.75, 3.05) is 11.9 Å². The Bertz CT molecular complexity index is 1230. The fraction of sp³-hybridized carbons (Fsp3) is 0.318.